The molecule has 1 amide bonds. The number of aromatic nitrogens is 4. The molecule has 222 valence electrons. The third-order valence-electron chi connectivity index (χ3n) is 5.66. The molecule has 0 aliphatic rings. The maximum absolute atomic E-state index is 12.7. The summed E-state index contributed by atoms with van der Waals surface area (Å²) in [6, 6.07) is 9.12. The highest BCUT2D eigenvalue weighted by Crippen LogP contribution is 2.30. The highest BCUT2D eigenvalue weighted by atomic mass is 35.5. The third kappa shape index (κ3) is 10.6. The van der Waals surface area contributed by atoms with E-state index in [0.717, 1.165) is 22.1 Å². The number of imidazole rings is 1. The average Bonchev–Trinajstić information content (AvgIpc) is 3.61. The summed E-state index contributed by atoms with van der Waals surface area (Å²) in [5, 5.41) is 18.7. The molecule has 3 aromatic heterocycles. The van der Waals surface area contributed by atoms with E-state index in [1.54, 1.807) is 52.6 Å². The molecule has 3 N–H and O–H groups in total. The lowest BCUT2D eigenvalue weighted by atomic mass is 10.2. The fourth-order valence-electron chi connectivity index (χ4n) is 3.18. The maximum atomic E-state index is 12.7. The van der Waals surface area contributed by atoms with Crippen molar-refractivity contribution in [2.45, 2.75) is 38.6 Å². The van der Waals surface area contributed by atoms with Crippen molar-refractivity contribution in [3.05, 3.63) is 77.0 Å². The first-order chi connectivity index (χ1) is 19.6. The minimum Gasteiger partial charge on any atom is -0.395 e. The summed E-state index contributed by atoms with van der Waals surface area (Å²) >= 11 is 7.93. The van der Waals surface area contributed by atoms with Crippen molar-refractivity contribution in [2.24, 2.45) is 5.92 Å². The van der Waals surface area contributed by atoms with E-state index in [2.05, 4.69) is 41.5 Å². The second-order valence-electron chi connectivity index (χ2n) is 9.54. The minimum absolute atomic E-state index is 0.233. The molecule has 0 atom stereocenters. The zero-order valence-electron chi connectivity index (χ0n) is 24.5. The molecule has 0 bridgehead atoms. The first-order valence-electron chi connectivity index (χ1n) is 13.3. The van der Waals surface area contributed by atoms with E-state index in [1.165, 1.54) is 12.6 Å². The van der Waals surface area contributed by atoms with Crippen LogP contribution in [0.15, 0.2) is 60.0 Å². The molecular formula is C29H40ClN7O3S. The first-order valence-corrected chi connectivity index (χ1v) is 14.4. The van der Waals surface area contributed by atoms with Gasteiger partial charge < -0.3 is 15.7 Å². The molecule has 3 heterocycles. The Bertz CT molecular complexity index is 1390. The molecule has 0 unspecified atom stereocenters. The van der Waals surface area contributed by atoms with Crippen LogP contribution >= 0.6 is 23.5 Å². The average molecular weight is 602 g/mol. The lowest BCUT2D eigenvalue weighted by Gasteiger charge is -2.11. The molecule has 0 saturated heterocycles. The van der Waals surface area contributed by atoms with Crippen LogP contribution in [0.4, 0.5) is 0 Å². The number of hydrogen-bond donors (Lipinski definition) is 3. The van der Waals surface area contributed by atoms with E-state index in [0.29, 0.717) is 41.3 Å². The number of pyridine rings is 1. The fraction of sp³-hybridized carbons (Fsp3) is 0.379. The van der Waals surface area contributed by atoms with Crippen molar-refractivity contribution in [1.82, 2.24) is 34.1 Å². The molecule has 0 spiro atoms. The van der Waals surface area contributed by atoms with Crippen LogP contribution in [0, 0.1) is 5.92 Å². The number of aldehydes is 1. The van der Waals surface area contributed by atoms with E-state index in [9.17, 15) is 9.59 Å². The lowest BCUT2D eigenvalue weighted by molar-refractivity contribution is 0.0951. The fourth-order valence-corrected chi connectivity index (χ4v) is 4.13. The zero-order valence-corrected chi connectivity index (χ0v) is 26.0. The Morgan fingerprint density at radius 3 is 2.54 bits per heavy atom. The van der Waals surface area contributed by atoms with Gasteiger partial charge in [0.05, 0.1) is 35.3 Å². The van der Waals surface area contributed by atoms with Gasteiger partial charge in [-0.25, -0.2) is 9.67 Å². The summed E-state index contributed by atoms with van der Waals surface area (Å²) < 4.78 is 5.27. The zero-order chi connectivity index (χ0) is 30.4. The van der Waals surface area contributed by atoms with E-state index in [1.807, 2.05) is 42.8 Å². The minimum atomic E-state index is -0.283. The molecule has 0 aliphatic carbocycles. The highest BCUT2D eigenvalue weighted by molar-refractivity contribution is 7.97. The second kappa shape index (κ2) is 17.6. The van der Waals surface area contributed by atoms with Crippen molar-refractivity contribution in [1.29, 1.82) is 0 Å². The van der Waals surface area contributed by atoms with Crippen LogP contribution in [-0.4, -0.2) is 75.1 Å². The Labute approximate surface area is 251 Å². The Morgan fingerprint density at radius 1 is 1.24 bits per heavy atom. The lowest BCUT2D eigenvalue weighted by Crippen LogP contribution is -2.23. The van der Waals surface area contributed by atoms with Gasteiger partial charge in [-0.15, -0.1) is 0 Å². The highest BCUT2D eigenvalue weighted by Gasteiger charge is 2.14. The number of fused-ring (bicyclic) bond motifs is 1. The quantitative estimate of drug-likeness (QED) is 0.176. The van der Waals surface area contributed by atoms with Crippen LogP contribution in [0.2, 0.25) is 5.02 Å². The van der Waals surface area contributed by atoms with Gasteiger partial charge in [-0.3, -0.25) is 18.3 Å². The van der Waals surface area contributed by atoms with Crippen LogP contribution in [0.1, 0.15) is 53.6 Å². The number of hydrogen-bond acceptors (Lipinski definition) is 8. The van der Waals surface area contributed by atoms with E-state index in [4.69, 9.17) is 16.7 Å². The van der Waals surface area contributed by atoms with Crippen LogP contribution in [0.25, 0.3) is 11.3 Å². The van der Waals surface area contributed by atoms with E-state index >= 15 is 0 Å². The van der Waals surface area contributed by atoms with E-state index in [-0.39, 0.29) is 12.5 Å². The molecule has 4 rings (SSSR count). The number of halogens is 1. The van der Waals surface area contributed by atoms with Gasteiger partial charge in [0.15, 0.2) is 6.29 Å². The summed E-state index contributed by atoms with van der Waals surface area (Å²) in [5.74, 6) is 0.601. The molecule has 0 radical (unpaired) electrons. The van der Waals surface area contributed by atoms with Gasteiger partial charge in [0, 0.05) is 35.9 Å². The molecule has 1 aromatic carbocycles. The van der Waals surface area contributed by atoms with Gasteiger partial charge in [-0.2, -0.15) is 5.10 Å². The van der Waals surface area contributed by atoms with Gasteiger partial charge in [-0.1, -0.05) is 38.8 Å². The third-order valence-corrected chi connectivity index (χ3v) is 7.00. The normalized spacial score (nSPS) is 10.7. The smallest absolute Gasteiger partial charge is 0.255 e. The van der Waals surface area contributed by atoms with Gasteiger partial charge >= 0.3 is 0 Å². The van der Waals surface area contributed by atoms with Crippen molar-refractivity contribution >= 4 is 41.4 Å². The number of aliphatic hydroxyl groups excluding tert-OH is 1. The number of carbonyl (C=O) groups is 2. The molecule has 0 aliphatic heterocycles. The number of benzene rings is 1. The van der Waals surface area contributed by atoms with E-state index < -0.39 is 0 Å². The van der Waals surface area contributed by atoms with Crippen LogP contribution in [0.5, 0.6) is 0 Å². The van der Waals surface area contributed by atoms with Gasteiger partial charge in [0.2, 0.25) is 0 Å². The summed E-state index contributed by atoms with van der Waals surface area (Å²) in [7, 11) is 5.71. The molecule has 41 heavy (non-hydrogen) atoms. The monoisotopic (exact) mass is 601 g/mol. The molecule has 10 nitrogen and oxygen atoms in total. The first kappa shape index (κ1) is 34.0. The van der Waals surface area contributed by atoms with Crippen LogP contribution in [-0.2, 0) is 6.54 Å². The number of likely N-dealkylation sites (N-methyl/N-ethyl adjacent to an activating group) is 1. The molecule has 4 aromatic rings. The summed E-state index contributed by atoms with van der Waals surface area (Å²) in [5.41, 5.74) is 2.88. The topological polar surface area (TPSA) is 117 Å². The van der Waals surface area contributed by atoms with Gasteiger partial charge in [-0.05, 0) is 69.3 Å². The molecule has 0 saturated carbocycles. The van der Waals surface area contributed by atoms with Gasteiger partial charge in [0.25, 0.3) is 5.91 Å². The van der Waals surface area contributed by atoms with Crippen molar-refractivity contribution < 1.29 is 14.7 Å². The molecule has 0 fully saturated rings. The maximum Gasteiger partial charge on any atom is 0.255 e. The Morgan fingerprint density at radius 2 is 1.98 bits per heavy atom. The molecule has 12 heteroatoms. The summed E-state index contributed by atoms with van der Waals surface area (Å²) in [6.45, 7) is 7.87. The van der Waals surface area contributed by atoms with Crippen molar-refractivity contribution in [2.75, 3.05) is 34.3 Å². The van der Waals surface area contributed by atoms with Crippen LogP contribution in [0.3, 0.4) is 0 Å². The largest absolute Gasteiger partial charge is 0.395 e. The summed E-state index contributed by atoms with van der Waals surface area (Å²) in [4.78, 5) is 28.9. The number of nitrogens with zero attached hydrogens (tertiary/aromatic N) is 5. The second-order valence-corrected chi connectivity index (χ2v) is 11.3. The predicted octanol–water partition coefficient (Wildman–Crippen LogP) is 4.74. The Kier molecular flexibility index (Phi) is 14.6. The summed E-state index contributed by atoms with van der Waals surface area (Å²) in [6.07, 6.45) is 8.67. The number of aliphatic hydroxyl groups is 1. The SMILES string of the molecule is CCC(C)C.CN(C)Sc1ccc(-n2cc(CNC(=O)c3cccn4c(C=O)cnc34)cn2)cc1Cl.CNCCO. The molecular weight excluding hydrogens is 562 g/mol. The van der Waals surface area contributed by atoms with Crippen molar-refractivity contribution in [3.8, 4) is 5.69 Å². The standard InChI is InChI=1S/C21H19ClN6O2S.C5H12.C3H9NO/c1-26(2)31-19-6-5-15(8-18(19)22)28-12-14(10-25-28)9-24-21(30)17-4-3-7-27-16(13-29)11-23-20(17)27;1-4-5(2)3;1-4-2-3-5/h3-8,10-13H,9H2,1-2H3,(H,24,30);5H,4H2,1-3H3;4-5H,2-3H2,1H3. The number of rotatable bonds is 10. The number of carbonyl (C=O) groups excluding carboxylic acids is 2. The van der Waals surface area contributed by atoms with Crippen LogP contribution < -0.4 is 10.6 Å². The predicted molar refractivity (Wildman–Crippen MR) is 166 cm³/mol. The number of nitrogens with one attached hydrogen (secondary N) is 2. The van der Waals surface area contributed by atoms with Crippen molar-refractivity contribution in [3.63, 3.8) is 0 Å². The Balaban J connectivity index is 0.000000507. The Hall–Kier alpha value is -3.22. The number of amides is 1. The van der Waals surface area contributed by atoms with Gasteiger partial charge in [0.1, 0.15) is 11.3 Å².